The Labute approximate surface area is 187 Å². The van der Waals surface area contributed by atoms with E-state index < -0.39 is 5.79 Å². The van der Waals surface area contributed by atoms with Crippen molar-refractivity contribution in [3.05, 3.63) is 0 Å². The van der Waals surface area contributed by atoms with Crippen LogP contribution in [0.2, 0.25) is 0 Å². The highest BCUT2D eigenvalue weighted by atomic mass is 16.7. The van der Waals surface area contributed by atoms with E-state index in [0.717, 1.165) is 0 Å². The topological polar surface area (TPSA) is 89.5 Å². The van der Waals surface area contributed by atoms with Crippen molar-refractivity contribution in [3.8, 4) is 0 Å². The monoisotopic (exact) mass is 446 g/mol. The second-order valence-corrected chi connectivity index (χ2v) is 8.78. The minimum atomic E-state index is -0.724. The zero-order valence-electron chi connectivity index (χ0n) is 20.0. The van der Waals surface area contributed by atoms with Gasteiger partial charge in [-0.3, -0.25) is 9.59 Å². The SMILES string of the molecule is CCOCC(C)COCCCC(=O)OCC(C)COC(=O)CCC1(C)OCC(C)CO1. The maximum atomic E-state index is 12.0. The Morgan fingerprint density at radius 1 is 0.935 bits per heavy atom. The van der Waals surface area contributed by atoms with E-state index in [9.17, 15) is 9.59 Å². The molecule has 0 aromatic heterocycles. The molecular formula is C23H42O8. The van der Waals surface area contributed by atoms with Gasteiger partial charge < -0.3 is 28.4 Å². The molecule has 2 unspecified atom stereocenters. The minimum absolute atomic E-state index is 0.0674. The summed E-state index contributed by atoms with van der Waals surface area (Å²) in [5, 5.41) is 0. The summed E-state index contributed by atoms with van der Waals surface area (Å²) in [4.78, 5) is 23.8. The van der Waals surface area contributed by atoms with Crippen LogP contribution in [0.15, 0.2) is 0 Å². The van der Waals surface area contributed by atoms with Gasteiger partial charge in [0.2, 0.25) is 0 Å². The number of carbonyl (C=O) groups is 2. The molecule has 1 rings (SSSR count). The number of esters is 2. The van der Waals surface area contributed by atoms with Gasteiger partial charge in [0.15, 0.2) is 5.79 Å². The minimum Gasteiger partial charge on any atom is -0.465 e. The van der Waals surface area contributed by atoms with Crippen molar-refractivity contribution in [1.29, 1.82) is 0 Å². The zero-order valence-corrected chi connectivity index (χ0v) is 20.0. The predicted molar refractivity (Wildman–Crippen MR) is 115 cm³/mol. The normalized spacial score (nSPS) is 23.2. The number of hydrogen-bond donors (Lipinski definition) is 0. The molecule has 0 saturated carbocycles. The van der Waals surface area contributed by atoms with Crippen molar-refractivity contribution >= 4 is 11.9 Å². The number of rotatable bonds is 16. The summed E-state index contributed by atoms with van der Waals surface area (Å²) >= 11 is 0. The van der Waals surface area contributed by atoms with Gasteiger partial charge in [0.05, 0.1) is 46.1 Å². The van der Waals surface area contributed by atoms with Gasteiger partial charge in [-0.15, -0.1) is 0 Å². The largest absolute Gasteiger partial charge is 0.465 e. The molecule has 1 heterocycles. The van der Waals surface area contributed by atoms with E-state index in [2.05, 4.69) is 13.8 Å². The van der Waals surface area contributed by atoms with Crippen LogP contribution in [0.3, 0.4) is 0 Å². The van der Waals surface area contributed by atoms with Gasteiger partial charge in [0.1, 0.15) is 0 Å². The average molecular weight is 447 g/mol. The van der Waals surface area contributed by atoms with Crippen molar-refractivity contribution in [2.75, 3.05) is 52.9 Å². The van der Waals surface area contributed by atoms with Crippen LogP contribution in [0.1, 0.15) is 60.3 Å². The van der Waals surface area contributed by atoms with Crippen molar-refractivity contribution in [1.82, 2.24) is 0 Å². The Balaban J connectivity index is 2.03. The summed E-state index contributed by atoms with van der Waals surface area (Å²) in [5.41, 5.74) is 0. The van der Waals surface area contributed by atoms with Crippen LogP contribution in [0, 0.1) is 17.8 Å². The fraction of sp³-hybridized carbons (Fsp3) is 0.913. The van der Waals surface area contributed by atoms with Crippen molar-refractivity contribution in [2.24, 2.45) is 17.8 Å². The highest BCUT2D eigenvalue weighted by molar-refractivity contribution is 5.69. The summed E-state index contributed by atoms with van der Waals surface area (Å²) in [6, 6.07) is 0. The zero-order chi connectivity index (χ0) is 23.1. The predicted octanol–water partition coefficient (Wildman–Crippen LogP) is 3.36. The standard InChI is InChI=1S/C23H42O8/c1-6-26-12-18(2)13-27-11-7-8-21(24)28-14-19(3)15-29-22(25)9-10-23(5)30-16-20(4)17-31-23/h18-20H,6-17H2,1-5H3. The molecule has 0 N–H and O–H groups in total. The van der Waals surface area contributed by atoms with Crippen LogP contribution < -0.4 is 0 Å². The molecule has 0 bridgehead atoms. The number of carbonyl (C=O) groups excluding carboxylic acids is 2. The van der Waals surface area contributed by atoms with Gasteiger partial charge in [-0.25, -0.2) is 0 Å². The molecule has 1 aliphatic heterocycles. The van der Waals surface area contributed by atoms with Gasteiger partial charge in [-0.05, 0) is 20.3 Å². The van der Waals surface area contributed by atoms with Crippen LogP contribution in [-0.4, -0.2) is 70.6 Å². The molecule has 1 saturated heterocycles. The Bertz CT molecular complexity index is 502. The summed E-state index contributed by atoms with van der Waals surface area (Å²) < 4.78 is 32.8. The lowest BCUT2D eigenvalue weighted by Crippen LogP contribution is -2.41. The van der Waals surface area contributed by atoms with E-state index in [1.807, 2.05) is 20.8 Å². The summed E-state index contributed by atoms with van der Waals surface area (Å²) in [5.74, 6) is -0.659. The van der Waals surface area contributed by atoms with Crippen molar-refractivity contribution in [3.63, 3.8) is 0 Å². The highest BCUT2D eigenvalue weighted by Gasteiger charge is 2.32. The molecule has 0 amide bonds. The van der Waals surface area contributed by atoms with Gasteiger partial charge in [-0.2, -0.15) is 0 Å². The number of hydrogen-bond acceptors (Lipinski definition) is 8. The fourth-order valence-corrected chi connectivity index (χ4v) is 2.83. The third-order valence-electron chi connectivity index (χ3n) is 4.87. The lowest BCUT2D eigenvalue weighted by Gasteiger charge is -2.36. The van der Waals surface area contributed by atoms with E-state index in [1.54, 1.807) is 0 Å². The highest BCUT2D eigenvalue weighted by Crippen LogP contribution is 2.26. The van der Waals surface area contributed by atoms with Gasteiger partial charge in [0.25, 0.3) is 0 Å². The summed E-state index contributed by atoms with van der Waals surface area (Å²) in [7, 11) is 0. The Morgan fingerprint density at radius 2 is 1.48 bits per heavy atom. The summed E-state index contributed by atoms with van der Waals surface area (Å²) in [6.45, 7) is 14.0. The molecule has 2 atom stereocenters. The maximum Gasteiger partial charge on any atom is 0.305 e. The number of ether oxygens (including phenoxy) is 6. The molecule has 8 heteroatoms. The molecule has 0 spiro atoms. The van der Waals surface area contributed by atoms with Crippen LogP contribution in [0.5, 0.6) is 0 Å². The first-order valence-electron chi connectivity index (χ1n) is 11.5. The summed E-state index contributed by atoms with van der Waals surface area (Å²) in [6.07, 6.45) is 1.60. The van der Waals surface area contributed by atoms with Crippen LogP contribution in [0.4, 0.5) is 0 Å². The maximum absolute atomic E-state index is 12.0. The van der Waals surface area contributed by atoms with E-state index in [4.69, 9.17) is 28.4 Å². The quantitative estimate of drug-likeness (QED) is 0.263. The third-order valence-corrected chi connectivity index (χ3v) is 4.87. The van der Waals surface area contributed by atoms with Crippen molar-refractivity contribution in [2.45, 2.75) is 66.1 Å². The molecule has 0 aliphatic carbocycles. The Morgan fingerprint density at radius 3 is 2.10 bits per heavy atom. The van der Waals surface area contributed by atoms with E-state index in [-0.39, 0.29) is 37.5 Å². The molecule has 1 fully saturated rings. The van der Waals surface area contributed by atoms with Crippen LogP contribution in [0.25, 0.3) is 0 Å². The first-order valence-corrected chi connectivity index (χ1v) is 11.5. The van der Waals surface area contributed by atoms with E-state index in [0.29, 0.717) is 70.7 Å². The van der Waals surface area contributed by atoms with Gasteiger partial charge in [-0.1, -0.05) is 20.8 Å². The van der Waals surface area contributed by atoms with Crippen LogP contribution in [-0.2, 0) is 38.0 Å². The molecule has 0 aromatic rings. The molecular weight excluding hydrogens is 404 g/mol. The van der Waals surface area contributed by atoms with Crippen LogP contribution >= 0.6 is 0 Å². The smallest absolute Gasteiger partial charge is 0.305 e. The van der Waals surface area contributed by atoms with Crippen molar-refractivity contribution < 1.29 is 38.0 Å². The second-order valence-electron chi connectivity index (χ2n) is 8.78. The molecule has 31 heavy (non-hydrogen) atoms. The molecule has 1 aliphatic rings. The van der Waals surface area contributed by atoms with Gasteiger partial charge in [0, 0.05) is 43.8 Å². The molecule has 8 nitrogen and oxygen atoms in total. The fourth-order valence-electron chi connectivity index (χ4n) is 2.83. The first kappa shape index (κ1) is 27.8. The Hall–Kier alpha value is -1.22. The van der Waals surface area contributed by atoms with E-state index >= 15 is 0 Å². The third kappa shape index (κ3) is 13.7. The average Bonchev–Trinajstić information content (AvgIpc) is 2.75. The first-order chi connectivity index (χ1) is 14.7. The molecule has 0 radical (unpaired) electrons. The second kappa shape index (κ2) is 15.6. The molecule has 182 valence electrons. The van der Waals surface area contributed by atoms with E-state index in [1.165, 1.54) is 0 Å². The Kier molecular flexibility index (Phi) is 14.0. The van der Waals surface area contributed by atoms with Gasteiger partial charge >= 0.3 is 11.9 Å². The molecule has 0 aromatic carbocycles. The lowest BCUT2D eigenvalue weighted by molar-refractivity contribution is -0.274. The lowest BCUT2D eigenvalue weighted by atomic mass is 10.1.